The van der Waals surface area contributed by atoms with Crippen LogP contribution in [0, 0.1) is 5.92 Å². The van der Waals surface area contributed by atoms with E-state index < -0.39 is 6.04 Å². The third-order valence-corrected chi connectivity index (χ3v) is 8.25. The van der Waals surface area contributed by atoms with Gasteiger partial charge in [-0.05, 0) is 60.6 Å². The van der Waals surface area contributed by atoms with Crippen LogP contribution in [0.4, 0.5) is 11.4 Å². The minimum atomic E-state index is -0.536. The SMILES string of the molecule is CSCNCC(=O)NC(CSCC1CCCCC1)C(=O)NCc1ccc(N(C)c2ccccc2)cc1. The average Bonchev–Trinajstić information content (AvgIpc) is 2.92. The Bertz CT molecular complexity index is 921. The van der Waals surface area contributed by atoms with Crippen molar-refractivity contribution in [3.63, 3.8) is 0 Å². The molecule has 2 aromatic rings. The predicted octanol–water partition coefficient (Wildman–Crippen LogP) is 4.78. The Labute approximate surface area is 224 Å². The first kappa shape index (κ1) is 28.4. The molecule has 0 aromatic heterocycles. The van der Waals surface area contributed by atoms with Crippen molar-refractivity contribution in [2.24, 2.45) is 5.92 Å². The fourth-order valence-corrected chi connectivity index (χ4v) is 5.93. The quantitative estimate of drug-likeness (QED) is 0.242. The Morgan fingerprint density at radius 2 is 1.69 bits per heavy atom. The van der Waals surface area contributed by atoms with Gasteiger partial charge in [-0.25, -0.2) is 0 Å². The number of rotatable bonds is 14. The number of hydrogen-bond acceptors (Lipinski definition) is 6. The molecule has 0 bridgehead atoms. The van der Waals surface area contributed by atoms with Crippen molar-refractivity contribution in [2.75, 3.05) is 42.1 Å². The first-order chi connectivity index (χ1) is 17.6. The zero-order valence-corrected chi connectivity index (χ0v) is 23.1. The van der Waals surface area contributed by atoms with E-state index in [0.29, 0.717) is 18.2 Å². The van der Waals surface area contributed by atoms with Crippen molar-refractivity contribution in [3.05, 3.63) is 60.2 Å². The summed E-state index contributed by atoms with van der Waals surface area (Å²) in [7, 11) is 2.04. The molecule has 1 saturated carbocycles. The van der Waals surface area contributed by atoms with E-state index in [-0.39, 0.29) is 18.4 Å². The standard InChI is InChI=1S/C28H40N4O2S2/c1-32(24-11-7-4-8-12-24)25-15-13-22(14-16-25)17-30-28(34)26(31-27(33)18-29-21-35-2)20-36-19-23-9-5-3-6-10-23/h4,7-8,11-16,23,26,29H,3,5-6,9-10,17-21H2,1-2H3,(H,30,34)(H,31,33). The lowest BCUT2D eigenvalue weighted by atomic mass is 9.91. The van der Waals surface area contributed by atoms with Gasteiger partial charge in [0, 0.05) is 36.6 Å². The topological polar surface area (TPSA) is 73.5 Å². The summed E-state index contributed by atoms with van der Waals surface area (Å²) < 4.78 is 0. The van der Waals surface area contributed by atoms with Crippen molar-refractivity contribution in [2.45, 2.75) is 44.7 Å². The summed E-state index contributed by atoms with van der Waals surface area (Å²) in [6.45, 7) is 0.646. The van der Waals surface area contributed by atoms with Crippen molar-refractivity contribution in [1.29, 1.82) is 0 Å². The second-order valence-corrected chi connectivity index (χ2v) is 11.2. The van der Waals surface area contributed by atoms with Crippen LogP contribution in [-0.2, 0) is 16.1 Å². The molecule has 0 spiro atoms. The molecule has 3 N–H and O–H groups in total. The van der Waals surface area contributed by atoms with Gasteiger partial charge in [0.15, 0.2) is 0 Å². The van der Waals surface area contributed by atoms with Gasteiger partial charge in [0.05, 0.1) is 6.54 Å². The zero-order valence-electron chi connectivity index (χ0n) is 21.5. The van der Waals surface area contributed by atoms with E-state index in [1.807, 2.05) is 43.6 Å². The summed E-state index contributed by atoms with van der Waals surface area (Å²) in [6.07, 6.45) is 8.51. The molecular weight excluding hydrogens is 488 g/mol. The predicted molar refractivity (Wildman–Crippen MR) is 155 cm³/mol. The first-order valence-corrected chi connectivity index (χ1v) is 15.3. The van der Waals surface area contributed by atoms with Gasteiger partial charge in [0.1, 0.15) is 6.04 Å². The molecule has 0 heterocycles. The molecule has 196 valence electrons. The fraction of sp³-hybridized carbons (Fsp3) is 0.500. The van der Waals surface area contributed by atoms with Gasteiger partial charge in [-0.2, -0.15) is 11.8 Å². The van der Waals surface area contributed by atoms with E-state index in [1.165, 1.54) is 32.1 Å². The second kappa shape index (κ2) is 15.8. The molecule has 8 heteroatoms. The Morgan fingerprint density at radius 1 is 1.00 bits per heavy atom. The number of hydrogen-bond donors (Lipinski definition) is 3. The Hall–Kier alpha value is -2.16. The number of carbonyl (C=O) groups excluding carboxylic acids is 2. The van der Waals surface area contributed by atoms with Gasteiger partial charge in [-0.1, -0.05) is 49.6 Å². The molecule has 3 rings (SSSR count). The van der Waals surface area contributed by atoms with E-state index in [1.54, 1.807) is 23.5 Å². The number of amides is 2. The minimum absolute atomic E-state index is 0.130. The number of thioether (sulfide) groups is 2. The lowest BCUT2D eigenvalue weighted by Crippen LogP contribution is -2.50. The van der Waals surface area contributed by atoms with Crippen LogP contribution in [0.3, 0.4) is 0 Å². The molecule has 1 fully saturated rings. The van der Waals surface area contributed by atoms with Crippen LogP contribution in [0.15, 0.2) is 54.6 Å². The van der Waals surface area contributed by atoms with E-state index in [9.17, 15) is 9.59 Å². The number of benzene rings is 2. The molecule has 1 unspecified atom stereocenters. The van der Waals surface area contributed by atoms with Crippen molar-refractivity contribution < 1.29 is 9.59 Å². The molecule has 2 amide bonds. The normalized spacial score (nSPS) is 14.7. The highest BCUT2D eigenvalue weighted by Gasteiger charge is 2.22. The molecular formula is C28H40N4O2S2. The van der Waals surface area contributed by atoms with E-state index in [0.717, 1.165) is 28.6 Å². The number of nitrogens with one attached hydrogen (secondary N) is 3. The molecule has 1 atom stereocenters. The Balaban J connectivity index is 1.52. The largest absolute Gasteiger partial charge is 0.350 e. The van der Waals surface area contributed by atoms with Crippen LogP contribution in [0.25, 0.3) is 0 Å². The highest BCUT2D eigenvalue weighted by molar-refractivity contribution is 7.99. The number of carbonyl (C=O) groups is 2. The number of nitrogens with zero attached hydrogens (tertiary/aromatic N) is 1. The lowest BCUT2D eigenvalue weighted by molar-refractivity contribution is -0.128. The lowest BCUT2D eigenvalue weighted by Gasteiger charge is -2.23. The van der Waals surface area contributed by atoms with Gasteiger partial charge >= 0.3 is 0 Å². The molecule has 0 saturated heterocycles. The van der Waals surface area contributed by atoms with Gasteiger partial charge in [0.2, 0.25) is 11.8 Å². The van der Waals surface area contributed by atoms with Crippen LogP contribution in [0.2, 0.25) is 0 Å². The number of para-hydroxylation sites is 1. The van der Waals surface area contributed by atoms with Crippen molar-refractivity contribution in [1.82, 2.24) is 16.0 Å². The maximum atomic E-state index is 13.1. The Kier molecular flexibility index (Phi) is 12.5. The smallest absolute Gasteiger partial charge is 0.243 e. The average molecular weight is 529 g/mol. The summed E-state index contributed by atoms with van der Waals surface area (Å²) in [6, 6.07) is 17.9. The molecule has 0 aliphatic heterocycles. The van der Waals surface area contributed by atoms with Crippen LogP contribution >= 0.6 is 23.5 Å². The maximum absolute atomic E-state index is 13.1. The summed E-state index contributed by atoms with van der Waals surface area (Å²) in [5.41, 5.74) is 3.23. The summed E-state index contributed by atoms with van der Waals surface area (Å²) in [5, 5.41) is 9.06. The fourth-order valence-electron chi connectivity index (χ4n) is 4.35. The third kappa shape index (κ3) is 9.71. The van der Waals surface area contributed by atoms with E-state index >= 15 is 0 Å². The second-order valence-electron chi connectivity index (χ2n) is 9.30. The van der Waals surface area contributed by atoms with E-state index in [4.69, 9.17) is 0 Å². The summed E-state index contributed by atoms with van der Waals surface area (Å²) >= 11 is 3.41. The van der Waals surface area contributed by atoms with Crippen molar-refractivity contribution >= 4 is 46.7 Å². The van der Waals surface area contributed by atoms with Gasteiger partial charge in [-0.15, -0.1) is 11.8 Å². The molecule has 36 heavy (non-hydrogen) atoms. The van der Waals surface area contributed by atoms with Crippen LogP contribution < -0.4 is 20.9 Å². The third-order valence-electron chi connectivity index (χ3n) is 6.48. The van der Waals surface area contributed by atoms with Gasteiger partial charge in [0.25, 0.3) is 0 Å². The molecule has 1 aliphatic carbocycles. The minimum Gasteiger partial charge on any atom is -0.350 e. The molecule has 6 nitrogen and oxygen atoms in total. The molecule has 2 aromatic carbocycles. The highest BCUT2D eigenvalue weighted by atomic mass is 32.2. The van der Waals surface area contributed by atoms with Crippen LogP contribution in [0.5, 0.6) is 0 Å². The summed E-state index contributed by atoms with van der Waals surface area (Å²) in [5.74, 6) is 2.82. The Morgan fingerprint density at radius 3 is 2.39 bits per heavy atom. The van der Waals surface area contributed by atoms with E-state index in [2.05, 4.69) is 45.1 Å². The molecule has 0 radical (unpaired) electrons. The van der Waals surface area contributed by atoms with Crippen LogP contribution in [-0.4, -0.2) is 55.1 Å². The summed E-state index contributed by atoms with van der Waals surface area (Å²) in [4.78, 5) is 27.6. The monoisotopic (exact) mass is 528 g/mol. The first-order valence-electron chi connectivity index (χ1n) is 12.8. The highest BCUT2D eigenvalue weighted by Crippen LogP contribution is 2.27. The maximum Gasteiger partial charge on any atom is 0.243 e. The zero-order chi connectivity index (χ0) is 25.6. The van der Waals surface area contributed by atoms with Gasteiger partial charge < -0.3 is 15.5 Å². The number of anilines is 2. The van der Waals surface area contributed by atoms with Gasteiger partial charge in [-0.3, -0.25) is 14.9 Å². The van der Waals surface area contributed by atoms with Crippen LogP contribution in [0.1, 0.15) is 37.7 Å². The molecule has 1 aliphatic rings. The van der Waals surface area contributed by atoms with Crippen molar-refractivity contribution in [3.8, 4) is 0 Å².